The fraction of sp³-hybridized carbons (Fsp3) is 0.500. The summed E-state index contributed by atoms with van der Waals surface area (Å²) in [5.74, 6) is 1.71. The van der Waals surface area contributed by atoms with Gasteiger partial charge in [-0.15, -0.1) is 0 Å². The molecule has 94 valence electrons. The second-order valence-electron chi connectivity index (χ2n) is 3.78. The standard InChI is InChI=1S/C12H16BrNO3/c1-15-5-3-14-4-6-17-12-7-9(13)11(16-2)8-10(12)14/h7-8H,3-6H2,1-2H3. The maximum Gasteiger partial charge on any atom is 0.144 e. The Labute approximate surface area is 110 Å². The van der Waals surface area contributed by atoms with Crippen LogP contribution in [-0.2, 0) is 4.74 Å². The third-order valence-electron chi connectivity index (χ3n) is 2.76. The van der Waals surface area contributed by atoms with Gasteiger partial charge in [0.15, 0.2) is 0 Å². The van der Waals surface area contributed by atoms with Crippen molar-refractivity contribution in [2.75, 3.05) is 45.4 Å². The van der Waals surface area contributed by atoms with Crippen LogP contribution in [0.3, 0.4) is 0 Å². The minimum atomic E-state index is 0.704. The molecular formula is C12H16BrNO3. The highest BCUT2D eigenvalue weighted by atomic mass is 79.9. The second kappa shape index (κ2) is 5.60. The molecule has 0 saturated heterocycles. The zero-order valence-electron chi connectivity index (χ0n) is 10.0. The van der Waals surface area contributed by atoms with Gasteiger partial charge < -0.3 is 19.1 Å². The molecule has 0 aliphatic carbocycles. The Hall–Kier alpha value is -0.940. The van der Waals surface area contributed by atoms with E-state index >= 15 is 0 Å². The molecule has 0 fully saturated rings. The molecule has 1 aliphatic rings. The molecule has 4 nitrogen and oxygen atoms in total. The van der Waals surface area contributed by atoms with Crippen molar-refractivity contribution in [2.45, 2.75) is 0 Å². The van der Waals surface area contributed by atoms with Gasteiger partial charge in [0.25, 0.3) is 0 Å². The predicted molar refractivity (Wildman–Crippen MR) is 70.3 cm³/mol. The van der Waals surface area contributed by atoms with Crippen LogP contribution in [0.2, 0.25) is 0 Å². The zero-order chi connectivity index (χ0) is 12.3. The van der Waals surface area contributed by atoms with Crippen LogP contribution >= 0.6 is 15.9 Å². The van der Waals surface area contributed by atoms with Crippen molar-refractivity contribution in [3.05, 3.63) is 16.6 Å². The highest BCUT2D eigenvalue weighted by molar-refractivity contribution is 9.10. The summed E-state index contributed by atoms with van der Waals surface area (Å²) in [6, 6.07) is 3.95. The van der Waals surface area contributed by atoms with Gasteiger partial charge in [0.05, 0.1) is 30.4 Å². The monoisotopic (exact) mass is 301 g/mol. The van der Waals surface area contributed by atoms with Crippen molar-refractivity contribution < 1.29 is 14.2 Å². The number of anilines is 1. The molecule has 0 atom stereocenters. The van der Waals surface area contributed by atoms with Gasteiger partial charge in [0, 0.05) is 25.8 Å². The lowest BCUT2D eigenvalue weighted by molar-refractivity contribution is 0.201. The van der Waals surface area contributed by atoms with Gasteiger partial charge >= 0.3 is 0 Å². The third-order valence-corrected chi connectivity index (χ3v) is 3.38. The molecule has 1 heterocycles. The van der Waals surface area contributed by atoms with E-state index in [-0.39, 0.29) is 0 Å². The van der Waals surface area contributed by atoms with Gasteiger partial charge in [-0.3, -0.25) is 0 Å². The minimum absolute atomic E-state index is 0.704. The average molecular weight is 302 g/mol. The van der Waals surface area contributed by atoms with E-state index in [0.717, 1.165) is 34.7 Å². The lowest BCUT2D eigenvalue weighted by atomic mass is 10.2. The number of methoxy groups -OCH3 is 2. The quantitative estimate of drug-likeness (QED) is 0.854. The van der Waals surface area contributed by atoms with Crippen LogP contribution < -0.4 is 14.4 Å². The largest absolute Gasteiger partial charge is 0.495 e. The van der Waals surface area contributed by atoms with E-state index in [0.29, 0.717) is 13.2 Å². The number of hydrogen-bond donors (Lipinski definition) is 0. The Morgan fingerprint density at radius 1 is 1.41 bits per heavy atom. The van der Waals surface area contributed by atoms with Gasteiger partial charge in [-0.1, -0.05) is 0 Å². The number of benzene rings is 1. The summed E-state index contributed by atoms with van der Waals surface area (Å²) in [6.45, 7) is 3.14. The van der Waals surface area contributed by atoms with E-state index < -0.39 is 0 Å². The summed E-state index contributed by atoms with van der Waals surface area (Å²) >= 11 is 3.46. The number of rotatable bonds is 4. The van der Waals surface area contributed by atoms with Crippen LogP contribution in [0.25, 0.3) is 0 Å². The average Bonchev–Trinajstić information content (AvgIpc) is 2.35. The van der Waals surface area contributed by atoms with Crippen LogP contribution in [0.1, 0.15) is 0 Å². The highest BCUT2D eigenvalue weighted by Gasteiger charge is 2.20. The zero-order valence-corrected chi connectivity index (χ0v) is 11.6. The summed E-state index contributed by atoms with van der Waals surface area (Å²) in [4.78, 5) is 2.25. The first-order valence-corrected chi connectivity index (χ1v) is 6.29. The van der Waals surface area contributed by atoms with Crippen molar-refractivity contribution in [3.8, 4) is 11.5 Å². The smallest absolute Gasteiger partial charge is 0.144 e. The Bertz CT molecular complexity index is 398. The molecule has 0 spiro atoms. The summed E-state index contributed by atoms with van der Waals surface area (Å²) in [6.07, 6.45) is 0. The first kappa shape index (κ1) is 12.5. The normalized spacial score (nSPS) is 14.2. The van der Waals surface area contributed by atoms with E-state index in [2.05, 4.69) is 20.8 Å². The fourth-order valence-electron chi connectivity index (χ4n) is 1.86. The molecule has 1 aromatic carbocycles. The Morgan fingerprint density at radius 3 is 2.94 bits per heavy atom. The summed E-state index contributed by atoms with van der Waals surface area (Å²) < 4.78 is 17.0. The van der Waals surface area contributed by atoms with Gasteiger partial charge in [-0.2, -0.15) is 0 Å². The van der Waals surface area contributed by atoms with Gasteiger partial charge in [-0.25, -0.2) is 0 Å². The molecule has 0 aromatic heterocycles. The van der Waals surface area contributed by atoms with Gasteiger partial charge in [0.1, 0.15) is 18.1 Å². The number of halogens is 1. The van der Waals surface area contributed by atoms with Crippen LogP contribution in [0, 0.1) is 0 Å². The van der Waals surface area contributed by atoms with Crippen LogP contribution in [0.15, 0.2) is 16.6 Å². The number of ether oxygens (including phenoxy) is 3. The van der Waals surface area contributed by atoms with Crippen molar-refractivity contribution in [2.24, 2.45) is 0 Å². The lowest BCUT2D eigenvalue weighted by Crippen LogP contribution is -2.35. The fourth-order valence-corrected chi connectivity index (χ4v) is 2.35. The molecule has 1 aliphatic heterocycles. The van der Waals surface area contributed by atoms with Crippen LogP contribution in [0.5, 0.6) is 11.5 Å². The molecule has 0 unspecified atom stereocenters. The first-order valence-electron chi connectivity index (χ1n) is 5.50. The molecule has 0 amide bonds. The molecule has 5 heteroatoms. The van der Waals surface area contributed by atoms with Crippen LogP contribution in [-0.4, -0.2) is 40.5 Å². The maximum absolute atomic E-state index is 5.65. The van der Waals surface area contributed by atoms with E-state index in [4.69, 9.17) is 14.2 Å². The minimum Gasteiger partial charge on any atom is -0.495 e. The van der Waals surface area contributed by atoms with Gasteiger partial charge in [0.2, 0.25) is 0 Å². The third kappa shape index (κ3) is 2.66. The van der Waals surface area contributed by atoms with E-state index in [1.54, 1.807) is 14.2 Å². The predicted octanol–water partition coefficient (Wildman–Crippen LogP) is 2.30. The molecule has 0 radical (unpaired) electrons. The highest BCUT2D eigenvalue weighted by Crippen LogP contribution is 2.39. The number of fused-ring (bicyclic) bond motifs is 1. The molecule has 2 rings (SSSR count). The second-order valence-corrected chi connectivity index (χ2v) is 4.64. The van der Waals surface area contributed by atoms with Crippen molar-refractivity contribution in [3.63, 3.8) is 0 Å². The van der Waals surface area contributed by atoms with E-state index in [1.807, 2.05) is 12.1 Å². The molecule has 1 aromatic rings. The van der Waals surface area contributed by atoms with Crippen molar-refractivity contribution in [1.82, 2.24) is 0 Å². The molecule has 0 bridgehead atoms. The Kier molecular flexibility index (Phi) is 4.12. The van der Waals surface area contributed by atoms with E-state index in [1.165, 1.54) is 0 Å². The SMILES string of the molecule is COCCN1CCOc2cc(Br)c(OC)cc21. The topological polar surface area (TPSA) is 30.9 Å². The Morgan fingerprint density at radius 2 is 2.24 bits per heavy atom. The van der Waals surface area contributed by atoms with Crippen LogP contribution in [0.4, 0.5) is 5.69 Å². The number of nitrogens with zero attached hydrogens (tertiary/aromatic N) is 1. The summed E-state index contributed by atoms with van der Waals surface area (Å²) in [5, 5.41) is 0. The van der Waals surface area contributed by atoms with Gasteiger partial charge in [-0.05, 0) is 15.9 Å². The Balaban J connectivity index is 2.29. The molecular weight excluding hydrogens is 286 g/mol. The number of hydrogen-bond acceptors (Lipinski definition) is 4. The van der Waals surface area contributed by atoms with Crippen molar-refractivity contribution in [1.29, 1.82) is 0 Å². The first-order chi connectivity index (χ1) is 8.26. The van der Waals surface area contributed by atoms with Crippen molar-refractivity contribution >= 4 is 21.6 Å². The maximum atomic E-state index is 5.65. The molecule has 17 heavy (non-hydrogen) atoms. The summed E-state index contributed by atoms with van der Waals surface area (Å²) in [7, 11) is 3.37. The molecule has 0 saturated carbocycles. The molecule has 0 N–H and O–H groups in total. The lowest BCUT2D eigenvalue weighted by Gasteiger charge is -2.31. The van der Waals surface area contributed by atoms with E-state index in [9.17, 15) is 0 Å². The summed E-state index contributed by atoms with van der Waals surface area (Å²) in [5.41, 5.74) is 1.06.